The Bertz CT molecular complexity index is 663. The standard InChI is InChI=1S/C15H16N4/c1-11-14(9-16)15(18(2)17-11)19-8-7-12-5-3-4-6-13(12)10-19/h3-6H,7-8,10H2,1-2H3. The summed E-state index contributed by atoms with van der Waals surface area (Å²) in [6.07, 6.45) is 1.02. The second kappa shape index (κ2) is 4.43. The van der Waals surface area contributed by atoms with Crippen molar-refractivity contribution in [1.29, 1.82) is 5.26 Å². The molecule has 0 radical (unpaired) electrons. The van der Waals surface area contributed by atoms with Gasteiger partial charge in [-0.2, -0.15) is 10.4 Å². The van der Waals surface area contributed by atoms with E-state index in [-0.39, 0.29) is 0 Å². The number of hydrogen-bond acceptors (Lipinski definition) is 3. The molecule has 1 aliphatic rings. The molecule has 4 nitrogen and oxygen atoms in total. The van der Waals surface area contributed by atoms with Crippen LogP contribution in [0.1, 0.15) is 22.4 Å². The van der Waals surface area contributed by atoms with Crippen LogP contribution in [0.15, 0.2) is 24.3 Å². The van der Waals surface area contributed by atoms with E-state index in [1.54, 1.807) is 0 Å². The molecule has 0 saturated carbocycles. The van der Waals surface area contributed by atoms with Crippen LogP contribution >= 0.6 is 0 Å². The highest BCUT2D eigenvalue weighted by Gasteiger charge is 2.23. The van der Waals surface area contributed by atoms with Crippen LogP contribution in [0.3, 0.4) is 0 Å². The molecule has 0 N–H and O–H groups in total. The Kier molecular flexibility index (Phi) is 2.75. The zero-order valence-electron chi connectivity index (χ0n) is 11.2. The molecule has 3 rings (SSSR count). The quantitative estimate of drug-likeness (QED) is 0.781. The minimum atomic E-state index is 0.696. The molecule has 96 valence electrons. The summed E-state index contributed by atoms with van der Waals surface area (Å²) in [5.41, 5.74) is 4.26. The lowest BCUT2D eigenvalue weighted by molar-refractivity contribution is 0.668. The van der Waals surface area contributed by atoms with Gasteiger partial charge in [0, 0.05) is 20.1 Å². The highest BCUT2D eigenvalue weighted by molar-refractivity contribution is 5.58. The number of rotatable bonds is 1. The van der Waals surface area contributed by atoms with E-state index in [1.807, 2.05) is 18.7 Å². The molecule has 1 aliphatic heterocycles. The van der Waals surface area contributed by atoms with Gasteiger partial charge in [-0.15, -0.1) is 0 Å². The fraction of sp³-hybridized carbons (Fsp3) is 0.333. The molecule has 0 spiro atoms. The number of benzene rings is 1. The third-order valence-corrected chi connectivity index (χ3v) is 3.73. The molecule has 4 heteroatoms. The Labute approximate surface area is 112 Å². The monoisotopic (exact) mass is 252 g/mol. The Morgan fingerprint density at radius 3 is 2.74 bits per heavy atom. The van der Waals surface area contributed by atoms with Crippen LogP contribution in [0.5, 0.6) is 0 Å². The fourth-order valence-corrected chi connectivity index (χ4v) is 2.82. The van der Waals surface area contributed by atoms with Crippen molar-refractivity contribution in [3.63, 3.8) is 0 Å². The van der Waals surface area contributed by atoms with Gasteiger partial charge >= 0.3 is 0 Å². The number of nitriles is 1. The van der Waals surface area contributed by atoms with Crippen molar-refractivity contribution >= 4 is 5.82 Å². The zero-order chi connectivity index (χ0) is 13.4. The maximum Gasteiger partial charge on any atom is 0.145 e. The van der Waals surface area contributed by atoms with Crippen LogP contribution in [0.2, 0.25) is 0 Å². The van der Waals surface area contributed by atoms with Gasteiger partial charge in [-0.1, -0.05) is 24.3 Å². The summed E-state index contributed by atoms with van der Waals surface area (Å²) in [6.45, 7) is 3.68. The average Bonchev–Trinajstić information content (AvgIpc) is 2.72. The van der Waals surface area contributed by atoms with Gasteiger partial charge in [0.25, 0.3) is 0 Å². The molecule has 1 aromatic heterocycles. The lowest BCUT2D eigenvalue weighted by Crippen LogP contribution is -2.32. The molecule has 0 saturated heterocycles. The van der Waals surface area contributed by atoms with Gasteiger partial charge in [0.15, 0.2) is 0 Å². The summed E-state index contributed by atoms with van der Waals surface area (Å²) < 4.78 is 1.82. The smallest absolute Gasteiger partial charge is 0.145 e. The van der Waals surface area contributed by atoms with Gasteiger partial charge in [0.05, 0.1) is 5.69 Å². The summed E-state index contributed by atoms with van der Waals surface area (Å²) in [6, 6.07) is 10.8. The molecule has 0 unspecified atom stereocenters. The molecule has 0 fully saturated rings. The number of fused-ring (bicyclic) bond motifs is 1. The molecule has 0 atom stereocenters. The summed E-state index contributed by atoms with van der Waals surface area (Å²) in [7, 11) is 1.91. The lowest BCUT2D eigenvalue weighted by atomic mass is 10.00. The predicted octanol–water partition coefficient (Wildman–Crippen LogP) is 2.16. The third kappa shape index (κ3) is 1.88. The van der Waals surface area contributed by atoms with Crippen LogP contribution in [0.25, 0.3) is 0 Å². The molecular formula is C15H16N4. The number of aromatic nitrogens is 2. The second-order valence-corrected chi connectivity index (χ2v) is 4.96. The zero-order valence-corrected chi connectivity index (χ0v) is 11.2. The topological polar surface area (TPSA) is 44.9 Å². The molecule has 1 aromatic carbocycles. The van der Waals surface area contributed by atoms with Crippen molar-refractivity contribution in [3.05, 3.63) is 46.6 Å². The molecule has 0 bridgehead atoms. The summed E-state index contributed by atoms with van der Waals surface area (Å²) in [5, 5.41) is 13.7. The summed E-state index contributed by atoms with van der Waals surface area (Å²) in [4.78, 5) is 2.25. The maximum atomic E-state index is 9.31. The normalized spacial score (nSPS) is 14.1. The highest BCUT2D eigenvalue weighted by atomic mass is 15.4. The molecule has 0 amide bonds. The molecular weight excluding hydrogens is 236 g/mol. The molecule has 0 aliphatic carbocycles. The van der Waals surface area contributed by atoms with E-state index in [0.717, 1.165) is 31.0 Å². The van der Waals surface area contributed by atoms with E-state index in [4.69, 9.17) is 0 Å². The van der Waals surface area contributed by atoms with Crippen molar-refractivity contribution in [2.75, 3.05) is 11.4 Å². The summed E-state index contributed by atoms with van der Waals surface area (Å²) in [5.74, 6) is 0.939. The number of aryl methyl sites for hydroxylation is 2. The summed E-state index contributed by atoms with van der Waals surface area (Å²) >= 11 is 0. The van der Waals surface area contributed by atoms with Gasteiger partial charge < -0.3 is 4.90 Å². The predicted molar refractivity (Wildman–Crippen MR) is 73.9 cm³/mol. The fourth-order valence-electron chi connectivity index (χ4n) is 2.82. The van der Waals surface area contributed by atoms with Gasteiger partial charge in [-0.05, 0) is 24.5 Å². The van der Waals surface area contributed by atoms with Gasteiger partial charge in [-0.25, -0.2) is 0 Å². The SMILES string of the molecule is Cc1nn(C)c(N2CCc3ccccc3C2)c1C#N. The van der Waals surface area contributed by atoms with Crippen molar-refractivity contribution in [2.24, 2.45) is 7.05 Å². The van der Waals surface area contributed by atoms with E-state index in [1.165, 1.54) is 11.1 Å². The van der Waals surface area contributed by atoms with Crippen molar-refractivity contribution < 1.29 is 0 Å². The second-order valence-electron chi connectivity index (χ2n) is 4.96. The van der Waals surface area contributed by atoms with Crippen LogP contribution in [-0.4, -0.2) is 16.3 Å². The van der Waals surface area contributed by atoms with Crippen LogP contribution < -0.4 is 4.90 Å². The van der Waals surface area contributed by atoms with E-state index < -0.39 is 0 Å². The van der Waals surface area contributed by atoms with Crippen molar-refractivity contribution in [1.82, 2.24) is 9.78 Å². The lowest BCUT2D eigenvalue weighted by Gasteiger charge is -2.30. The molecule has 2 heterocycles. The van der Waals surface area contributed by atoms with Gasteiger partial charge in [0.2, 0.25) is 0 Å². The number of nitrogens with zero attached hydrogens (tertiary/aromatic N) is 4. The first kappa shape index (κ1) is 11.8. The Morgan fingerprint density at radius 1 is 1.26 bits per heavy atom. The van der Waals surface area contributed by atoms with E-state index in [0.29, 0.717) is 5.56 Å². The van der Waals surface area contributed by atoms with Gasteiger partial charge in [-0.3, -0.25) is 4.68 Å². The minimum Gasteiger partial charge on any atom is -0.351 e. The van der Waals surface area contributed by atoms with Crippen LogP contribution in [0.4, 0.5) is 5.82 Å². The first-order valence-corrected chi connectivity index (χ1v) is 6.46. The molecule has 19 heavy (non-hydrogen) atoms. The van der Waals surface area contributed by atoms with Crippen LogP contribution in [0, 0.1) is 18.3 Å². The van der Waals surface area contributed by atoms with E-state index >= 15 is 0 Å². The van der Waals surface area contributed by atoms with E-state index in [2.05, 4.69) is 40.3 Å². The Balaban J connectivity index is 2.00. The third-order valence-electron chi connectivity index (χ3n) is 3.73. The van der Waals surface area contributed by atoms with Crippen LogP contribution in [-0.2, 0) is 20.0 Å². The molecule has 2 aromatic rings. The first-order chi connectivity index (χ1) is 9.20. The maximum absolute atomic E-state index is 9.31. The minimum absolute atomic E-state index is 0.696. The van der Waals surface area contributed by atoms with Crippen molar-refractivity contribution in [2.45, 2.75) is 19.9 Å². The highest BCUT2D eigenvalue weighted by Crippen LogP contribution is 2.28. The first-order valence-electron chi connectivity index (χ1n) is 6.46. The number of anilines is 1. The largest absolute Gasteiger partial charge is 0.351 e. The Morgan fingerprint density at radius 2 is 2.00 bits per heavy atom. The average molecular weight is 252 g/mol. The number of hydrogen-bond donors (Lipinski definition) is 0. The Hall–Kier alpha value is -2.28. The van der Waals surface area contributed by atoms with Crippen molar-refractivity contribution in [3.8, 4) is 6.07 Å². The van der Waals surface area contributed by atoms with Gasteiger partial charge in [0.1, 0.15) is 17.5 Å². The van der Waals surface area contributed by atoms with E-state index in [9.17, 15) is 5.26 Å².